The van der Waals surface area contributed by atoms with Crippen LogP contribution in [0.1, 0.15) is 11.1 Å². The van der Waals surface area contributed by atoms with Gasteiger partial charge in [-0.1, -0.05) is 54.2 Å². The van der Waals surface area contributed by atoms with Crippen LogP contribution in [0.2, 0.25) is 0 Å². The Hall–Kier alpha value is -2.68. The summed E-state index contributed by atoms with van der Waals surface area (Å²) in [7, 11) is 0. The first kappa shape index (κ1) is 19.3. The van der Waals surface area contributed by atoms with Crippen molar-refractivity contribution in [1.29, 1.82) is 0 Å². The van der Waals surface area contributed by atoms with Crippen molar-refractivity contribution in [1.82, 2.24) is 15.8 Å². The number of nitrogens with zero attached hydrogens (tertiary/aromatic N) is 3. The fraction of sp³-hybridized carbons (Fsp3) is 0.318. The van der Waals surface area contributed by atoms with Gasteiger partial charge in [-0.3, -0.25) is 19.9 Å². The van der Waals surface area contributed by atoms with E-state index in [-0.39, 0.29) is 29.7 Å². The molecule has 2 amide bonds. The van der Waals surface area contributed by atoms with Crippen molar-refractivity contribution in [3.63, 3.8) is 0 Å². The van der Waals surface area contributed by atoms with Crippen molar-refractivity contribution in [3.8, 4) is 0 Å². The molecule has 2 N–H and O–H groups in total. The number of fused-ring (bicyclic) bond motifs is 2. The average molecular weight is 422 g/mol. The summed E-state index contributed by atoms with van der Waals surface area (Å²) in [4.78, 5) is 34.4. The number of thioether (sulfide) groups is 1. The van der Waals surface area contributed by atoms with Gasteiger partial charge in [-0.05, 0) is 29.7 Å². The van der Waals surface area contributed by atoms with Crippen LogP contribution in [0.4, 0.5) is 5.69 Å². The summed E-state index contributed by atoms with van der Waals surface area (Å²) in [5.41, 5.74) is 9.39. The second-order valence-corrected chi connectivity index (χ2v) is 8.56. The summed E-state index contributed by atoms with van der Waals surface area (Å²) in [5, 5.41) is 0.564. The second kappa shape index (κ2) is 8.22. The van der Waals surface area contributed by atoms with Crippen LogP contribution in [0.25, 0.3) is 0 Å². The third kappa shape index (κ3) is 3.62. The molecule has 2 unspecified atom stereocenters. The zero-order valence-corrected chi connectivity index (χ0v) is 17.3. The highest BCUT2D eigenvalue weighted by molar-refractivity contribution is 8.14. The number of anilines is 1. The standard InChI is InChI=1S/C22H23N5O2S/c28-19(26-11-10-15-6-4-5-7-16(15)13-26)14-30-22-24-20-18(12-23-25-20)21(29)27(22)17-8-2-1-3-9-17/h1-9,18,20,23,25H,10-14H2. The Morgan fingerprint density at radius 2 is 1.87 bits per heavy atom. The molecule has 3 aliphatic rings. The van der Waals surface area contributed by atoms with Gasteiger partial charge in [-0.15, -0.1) is 0 Å². The Morgan fingerprint density at radius 3 is 2.70 bits per heavy atom. The monoisotopic (exact) mass is 421 g/mol. The van der Waals surface area contributed by atoms with Crippen LogP contribution in [-0.2, 0) is 22.6 Å². The number of carbonyl (C=O) groups excluding carboxylic acids is 2. The number of rotatable bonds is 3. The Bertz CT molecular complexity index is 996. The Balaban J connectivity index is 1.32. The van der Waals surface area contributed by atoms with Crippen molar-refractivity contribution in [2.75, 3.05) is 23.7 Å². The van der Waals surface area contributed by atoms with E-state index in [2.05, 4.69) is 23.0 Å². The van der Waals surface area contributed by atoms with Gasteiger partial charge >= 0.3 is 0 Å². The summed E-state index contributed by atoms with van der Waals surface area (Å²) in [6, 6.07) is 17.8. The summed E-state index contributed by atoms with van der Waals surface area (Å²) in [5.74, 6) is 0.0734. The first-order valence-electron chi connectivity index (χ1n) is 10.1. The predicted octanol–water partition coefficient (Wildman–Crippen LogP) is 1.76. The number of hydrogen-bond acceptors (Lipinski definition) is 6. The molecule has 5 rings (SSSR count). The van der Waals surface area contributed by atoms with E-state index in [4.69, 9.17) is 4.99 Å². The number of amidine groups is 1. The Labute approximate surface area is 179 Å². The molecule has 0 saturated carbocycles. The lowest BCUT2D eigenvalue weighted by atomic mass is 10.00. The maximum absolute atomic E-state index is 13.2. The van der Waals surface area contributed by atoms with Crippen LogP contribution in [0, 0.1) is 5.92 Å². The molecule has 30 heavy (non-hydrogen) atoms. The lowest BCUT2D eigenvalue weighted by Crippen LogP contribution is -2.49. The molecule has 2 aromatic rings. The maximum Gasteiger partial charge on any atom is 0.241 e. The van der Waals surface area contributed by atoms with Crippen molar-refractivity contribution >= 4 is 34.4 Å². The van der Waals surface area contributed by atoms with Gasteiger partial charge in [-0.2, -0.15) is 0 Å². The molecular formula is C22H23N5O2S. The number of benzene rings is 2. The molecule has 3 aliphatic heterocycles. The normalized spacial score (nSPS) is 23.1. The van der Waals surface area contributed by atoms with E-state index in [1.165, 1.54) is 22.9 Å². The molecule has 2 atom stereocenters. The van der Waals surface area contributed by atoms with E-state index >= 15 is 0 Å². The maximum atomic E-state index is 13.2. The van der Waals surface area contributed by atoms with Gasteiger partial charge < -0.3 is 4.90 Å². The minimum Gasteiger partial charge on any atom is -0.337 e. The highest BCUT2D eigenvalue weighted by Crippen LogP contribution is 2.29. The molecule has 1 fully saturated rings. The number of nitrogens with one attached hydrogen (secondary N) is 2. The van der Waals surface area contributed by atoms with Gasteiger partial charge in [0.25, 0.3) is 0 Å². The zero-order valence-electron chi connectivity index (χ0n) is 16.5. The van der Waals surface area contributed by atoms with Gasteiger partial charge in [0.2, 0.25) is 11.8 Å². The third-order valence-electron chi connectivity index (χ3n) is 5.75. The molecule has 0 spiro atoms. The van der Waals surface area contributed by atoms with E-state index in [0.29, 0.717) is 18.3 Å². The summed E-state index contributed by atoms with van der Waals surface area (Å²) in [6.45, 7) is 1.90. The largest absolute Gasteiger partial charge is 0.337 e. The van der Waals surface area contributed by atoms with Crippen molar-refractivity contribution in [2.24, 2.45) is 10.9 Å². The minimum absolute atomic E-state index is 0.000508. The van der Waals surface area contributed by atoms with E-state index in [1.807, 2.05) is 47.4 Å². The first-order valence-corrected chi connectivity index (χ1v) is 11.1. The van der Waals surface area contributed by atoms with Crippen LogP contribution in [0.3, 0.4) is 0 Å². The molecule has 8 heteroatoms. The molecule has 0 aromatic heterocycles. The topological polar surface area (TPSA) is 77.0 Å². The molecule has 154 valence electrons. The number of carbonyl (C=O) groups is 2. The van der Waals surface area contributed by atoms with Crippen LogP contribution >= 0.6 is 11.8 Å². The Morgan fingerprint density at radius 1 is 1.10 bits per heavy atom. The van der Waals surface area contributed by atoms with E-state index < -0.39 is 0 Å². The number of hydrogen-bond donors (Lipinski definition) is 2. The van der Waals surface area contributed by atoms with Crippen LogP contribution in [-0.4, -0.2) is 46.9 Å². The number of hydrazine groups is 1. The third-order valence-corrected chi connectivity index (χ3v) is 6.69. The number of aliphatic imine (C=N–C) groups is 1. The molecule has 0 bridgehead atoms. The van der Waals surface area contributed by atoms with Crippen molar-refractivity contribution in [3.05, 3.63) is 65.7 Å². The fourth-order valence-electron chi connectivity index (χ4n) is 4.11. The summed E-state index contributed by atoms with van der Waals surface area (Å²) >= 11 is 1.33. The van der Waals surface area contributed by atoms with Gasteiger partial charge in [-0.25, -0.2) is 10.4 Å². The number of amides is 2. The van der Waals surface area contributed by atoms with E-state index in [1.54, 1.807) is 4.90 Å². The highest BCUT2D eigenvalue weighted by atomic mass is 32.2. The first-order chi connectivity index (χ1) is 14.7. The van der Waals surface area contributed by atoms with E-state index in [0.717, 1.165) is 18.7 Å². The Kier molecular flexibility index (Phi) is 5.28. The SMILES string of the molecule is O=C(CSC1=NC2NNCC2C(=O)N1c1ccccc1)N1CCc2ccccc2C1. The zero-order chi connectivity index (χ0) is 20.5. The van der Waals surface area contributed by atoms with Gasteiger partial charge in [0.15, 0.2) is 5.17 Å². The van der Waals surface area contributed by atoms with Crippen LogP contribution in [0.5, 0.6) is 0 Å². The average Bonchev–Trinajstić information content (AvgIpc) is 3.27. The van der Waals surface area contributed by atoms with Gasteiger partial charge in [0, 0.05) is 19.6 Å². The lowest BCUT2D eigenvalue weighted by Gasteiger charge is -2.33. The molecule has 1 saturated heterocycles. The van der Waals surface area contributed by atoms with Crippen LogP contribution < -0.4 is 15.8 Å². The van der Waals surface area contributed by atoms with Crippen molar-refractivity contribution < 1.29 is 9.59 Å². The predicted molar refractivity (Wildman–Crippen MR) is 118 cm³/mol. The molecule has 0 aliphatic carbocycles. The number of para-hydroxylation sites is 1. The molecule has 3 heterocycles. The lowest BCUT2D eigenvalue weighted by molar-refractivity contribution is -0.129. The fourth-order valence-corrected chi connectivity index (χ4v) is 5.06. The van der Waals surface area contributed by atoms with Gasteiger partial charge in [0.1, 0.15) is 6.17 Å². The van der Waals surface area contributed by atoms with E-state index in [9.17, 15) is 9.59 Å². The molecule has 0 radical (unpaired) electrons. The molecule has 2 aromatic carbocycles. The minimum atomic E-state index is -0.295. The summed E-state index contributed by atoms with van der Waals surface area (Å²) < 4.78 is 0. The smallest absolute Gasteiger partial charge is 0.241 e. The van der Waals surface area contributed by atoms with Crippen LogP contribution in [0.15, 0.2) is 59.6 Å². The summed E-state index contributed by atoms with van der Waals surface area (Å²) in [6.07, 6.45) is 0.582. The van der Waals surface area contributed by atoms with Gasteiger partial charge in [0.05, 0.1) is 17.4 Å². The van der Waals surface area contributed by atoms with Crippen molar-refractivity contribution in [2.45, 2.75) is 19.1 Å². The highest BCUT2D eigenvalue weighted by Gasteiger charge is 2.42. The molecule has 7 nitrogen and oxygen atoms in total. The second-order valence-electron chi connectivity index (χ2n) is 7.62. The molecular weight excluding hydrogens is 398 g/mol. The quantitative estimate of drug-likeness (QED) is 0.790.